The molecule has 2 nitrogen and oxygen atoms in total. The van der Waals surface area contributed by atoms with E-state index in [0.717, 1.165) is 13.1 Å². The Kier molecular flexibility index (Phi) is 5.41. The molecule has 1 fully saturated rings. The van der Waals surface area contributed by atoms with E-state index in [-0.39, 0.29) is 0 Å². The molecule has 1 aliphatic heterocycles. The van der Waals surface area contributed by atoms with Gasteiger partial charge in [-0.25, -0.2) is 0 Å². The molecule has 1 N–H and O–H groups in total. The molecule has 0 saturated carbocycles. The lowest BCUT2D eigenvalue weighted by Gasteiger charge is -2.41. The van der Waals surface area contributed by atoms with Crippen LogP contribution < -0.4 is 5.32 Å². The van der Waals surface area contributed by atoms with Gasteiger partial charge in [0.2, 0.25) is 0 Å². The monoisotopic (exact) mass is 260 g/mol. The molecule has 2 rings (SSSR count). The predicted molar refractivity (Wildman–Crippen MR) is 82.2 cm³/mol. The van der Waals surface area contributed by atoms with Crippen LogP contribution in [0.5, 0.6) is 0 Å². The number of hydrogen-bond donors (Lipinski definition) is 1. The summed E-state index contributed by atoms with van der Waals surface area (Å²) in [6.07, 6.45) is 5.38. The zero-order valence-electron chi connectivity index (χ0n) is 12.5. The third-order valence-electron chi connectivity index (χ3n) is 4.82. The Morgan fingerprint density at radius 3 is 2.42 bits per heavy atom. The Bertz CT molecular complexity index is 353. The Morgan fingerprint density at radius 2 is 1.84 bits per heavy atom. The lowest BCUT2D eigenvalue weighted by atomic mass is 9.73. The van der Waals surface area contributed by atoms with Crippen LogP contribution in [0.15, 0.2) is 30.3 Å². The standard InChI is InChI=1S/C17H28N2/c1-3-17(9-12-18-2)10-13-19(14-11-17)15-16-7-5-4-6-8-16/h4-8,18H,3,9-15H2,1-2H3. The van der Waals surface area contributed by atoms with Gasteiger partial charge in [-0.05, 0) is 56.9 Å². The van der Waals surface area contributed by atoms with Crippen LogP contribution in [0.25, 0.3) is 0 Å². The number of nitrogens with one attached hydrogen (secondary N) is 1. The Hall–Kier alpha value is -0.860. The fourth-order valence-electron chi connectivity index (χ4n) is 3.20. The maximum Gasteiger partial charge on any atom is 0.0233 e. The van der Waals surface area contributed by atoms with Gasteiger partial charge < -0.3 is 5.32 Å². The molecule has 1 saturated heterocycles. The lowest BCUT2D eigenvalue weighted by Crippen LogP contribution is -2.40. The molecule has 0 aliphatic carbocycles. The van der Waals surface area contributed by atoms with Crippen LogP contribution in [0.3, 0.4) is 0 Å². The maximum absolute atomic E-state index is 3.31. The van der Waals surface area contributed by atoms with Gasteiger partial charge in [0.1, 0.15) is 0 Å². The normalized spacial score (nSPS) is 19.5. The molecule has 0 atom stereocenters. The molecule has 19 heavy (non-hydrogen) atoms. The zero-order chi connectivity index (χ0) is 13.6. The van der Waals surface area contributed by atoms with Crippen LogP contribution in [0, 0.1) is 5.41 Å². The van der Waals surface area contributed by atoms with E-state index in [4.69, 9.17) is 0 Å². The van der Waals surface area contributed by atoms with Gasteiger partial charge in [0.05, 0.1) is 0 Å². The number of nitrogens with zero attached hydrogens (tertiary/aromatic N) is 1. The van der Waals surface area contributed by atoms with Gasteiger partial charge in [0, 0.05) is 6.54 Å². The molecule has 1 heterocycles. The summed E-state index contributed by atoms with van der Waals surface area (Å²) in [6.45, 7) is 7.15. The van der Waals surface area contributed by atoms with E-state index in [9.17, 15) is 0 Å². The first-order chi connectivity index (χ1) is 9.28. The van der Waals surface area contributed by atoms with Gasteiger partial charge in [-0.15, -0.1) is 0 Å². The van der Waals surface area contributed by atoms with E-state index in [1.807, 2.05) is 0 Å². The molecule has 0 unspecified atom stereocenters. The fraction of sp³-hybridized carbons (Fsp3) is 0.647. The average molecular weight is 260 g/mol. The van der Waals surface area contributed by atoms with E-state index in [2.05, 4.69) is 54.5 Å². The SMILES string of the molecule is CCC1(CCNC)CCN(Cc2ccccc2)CC1. The Balaban J connectivity index is 1.84. The average Bonchev–Trinajstić information content (AvgIpc) is 2.48. The minimum atomic E-state index is 0.593. The van der Waals surface area contributed by atoms with Gasteiger partial charge in [-0.1, -0.05) is 43.7 Å². The molecule has 106 valence electrons. The van der Waals surface area contributed by atoms with Crippen LogP contribution in [-0.2, 0) is 6.54 Å². The summed E-state index contributed by atoms with van der Waals surface area (Å²) in [5, 5.41) is 3.31. The van der Waals surface area contributed by atoms with Crippen LogP contribution >= 0.6 is 0 Å². The summed E-state index contributed by atoms with van der Waals surface area (Å²) < 4.78 is 0. The topological polar surface area (TPSA) is 15.3 Å². The third kappa shape index (κ3) is 4.05. The maximum atomic E-state index is 3.31. The number of hydrogen-bond acceptors (Lipinski definition) is 2. The molecule has 0 radical (unpaired) electrons. The van der Waals surface area contributed by atoms with Crippen molar-refractivity contribution in [3.63, 3.8) is 0 Å². The first-order valence-electron chi connectivity index (χ1n) is 7.69. The molecule has 1 aromatic carbocycles. The van der Waals surface area contributed by atoms with Crippen molar-refractivity contribution in [3.05, 3.63) is 35.9 Å². The quantitative estimate of drug-likeness (QED) is 0.844. The molecule has 1 aromatic rings. The first-order valence-corrected chi connectivity index (χ1v) is 7.69. The van der Waals surface area contributed by atoms with Crippen LogP contribution in [0.4, 0.5) is 0 Å². The number of likely N-dealkylation sites (tertiary alicyclic amines) is 1. The number of benzene rings is 1. The molecule has 0 spiro atoms. The van der Waals surface area contributed by atoms with Crippen molar-refractivity contribution in [2.45, 2.75) is 39.2 Å². The van der Waals surface area contributed by atoms with E-state index >= 15 is 0 Å². The second-order valence-corrected chi connectivity index (χ2v) is 5.97. The molecule has 0 amide bonds. The molecular weight excluding hydrogens is 232 g/mol. The highest BCUT2D eigenvalue weighted by molar-refractivity contribution is 5.14. The number of piperidine rings is 1. The summed E-state index contributed by atoms with van der Waals surface area (Å²) in [6, 6.07) is 10.9. The van der Waals surface area contributed by atoms with Gasteiger partial charge in [-0.2, -0.15) is 0 Å². The van der Waals surface area contributed by atoms with Crippen molar-refractivity contribution < 1.29 is 0 Å². The fourth-order valence-corrected chi connectivity index (χ4v) is 3.20. The van der Waals surface area contributed by atoms with E-state index in [1.165, 1.54) is 44.3 Å². The Labute approximate surface area is 118 Å². The minimum Gasteiger partial charge on any atom is -0.320 e. The van der Waals surface area contributed by atoms with Gasteiger partial charge in [0.15, 0.2) is 0 Å². The second-order valence-electron chi connectivity index (χ2n) is 5.97. The van der Waals surface area contributed by atoms with E-state index in [1.54, 1.807) is 0 Å². The second kappa shape index (κ2) is 7.06. The Morgan fingerprint density at radius 1 is 1.16 bits per heavy atom. The summed E-state index contributed by atoms with van der Waals surface area (Å²) in [5.74, 6) is 0. The van der Waals surface area contributed by atoms with Gasteiger partial charge >= 0.3 is 0 Å². The first kappa shape index (κ1) is 14.5. The van der Waals surface area contributed by atoms with E-state index < -0.39 is 0 Å². The van der Waals surface area contributed by atoms with Crippen molar-refractivity contribution >= 4 is 0 Å². The summed E-state index contributed by atoms with van der Waals surface area (Å²) >= 11 is 0. The molecule has 2 heteroatoms. The molecule has 1 aliphatic rings. The summed E-state index contributed by atoms with van der Waals surface area (Å²) in [7, 11) is 2.06. The van der Waals surface area contributed by atoms with Gasteiger partial charge in [-0.3, -0.25) is 4.90 Å². The predicted octanol–water partition coefficient (Wildman–Crippen LogP) is 3.29. The van der Waals surface area contributed by atoms with Crippen LogP contribution in [-0.4, -0.2) is 31.6 Å². The summed E-state index contributed by atoms with van der Waals surface area (Å²) in [5.41, 5.74) is 2.04. The largest absolute Gasteiger partial charge is 0.320 e. The van der Waals surface area contributed by atoms with Crippen molar-refractivity contribution in [1.82, 2.24) is 10.2 Å². The molecular formula is C17H28N2. The van der Waals surface area contributed by atoms with Crippen LogP contribution in [0.1, 0.15) is 38.2 Å². The zero-order valence-corrected chi connectivity index (χ0v) is 12.5. The van der Waals surface area contributed by atoms with Crippen molar-refractivity contribution in [2.75, 3.05) is 26.7 Å². The van der Waals surface area contributed by atoms with Crippen molar-refractivity contribution in [1.29, 1.82) is 0 Å². The van der Waals surface area contributed by atoms with Gasteiger partial charge in [0.25, 0.3) is 0 Å². The highest BCUT2D eigenvalue weighted by Gasteiger charge is 2.32. The van der Waals surface area contributed by atoms with Crippen molar-refractivity contribution in [2.24, 2.45) is 5.41 Å². The van der Waals surface area contributed by atoms with E-state index in [0.29, 0.717) is 5.41 Å². The lowest BCUT2D eigenvalue weighted by molar-refractivity contribution is 0.0870. The van der Waals surface area contributed by atoms with Crippen molar-refractivity contribution in [3.8, 4) is 0 Å². The number of rotatable bonds is 6. The molecule has 0 bridgehead atoms. The minimum absolute atomic E-state index is 0.593. The smallest absolute Gasteiger partial charge is 0.0233 e. The third-order valence-corrected chi connectivity index (χ3v) is 4.82. The molecule has 0 aromatic heterocycles. The van der Waals surface area contributed by atoms with Crippen LogP contribution in [0.2, 0.25) is 0 Å². The highest BCUT2D eigenvalue weighted by Crippen LogP contribution is 2.38. The summed E-state index contributed by atoms with van der Waals surface area (Å²) in [4.78, 5) is 2.61. The highest BCUT2D eigenvalue weighted by atomic mass is 15.1.